The fourth-order valence-corrected chi connectivity index (χ4v) is 3.12. The summed E-state index contributed by atoms with van der Waals surface area (Å²) in [5, 5.41) is 4.97. The first-order chi connectivity index (χ1) is 11.3. The van der Waals surface area contributed by atoms with Gasteiger partial charge in [0, 0.05) is 24.7 Å². The summed E-state index contributed by atoms with van der Waals surface area (Å²) < 4.78 is 11.4. The van der Waals surface area contributed by atoms with Gasteiger partial charge in [-0.1, -0.05) is 0 Å². The highest BCUT2D eigenvalue weighted by molar-refractivity contribution is 5.84. The summed E-state index contributed by atoms with van der Waals surface area (Å²) >= 11 is 0. The molecule has 5 nitrogen and oxygen atoms in total. The minimum Gasteiger partial charge on any atom is -0.496 e. The third kappa shape index (κ3) is 3.92. The van der Waals surface area contributed by atoms with Crippen molar-refractivity contribution in [1.29, 1.82) is 0 Å². The predicted octanol–water partition coefficient (Wildman–Crippen LogP) is 2.24. The smallest absolute Gasteiger partial charge is 0.255 e. The number of fused-ring (bicyclic) bond motifs is 1. The fourth-order valence-electron chi connectivity index (χ4n) is 3.12. The number of ether oxygens (including phenoxy) is 2. The lowest BCUT2D eigenvalue weighted by atomic mass is 10.0. The Labute approximate surface area is 136 Å². The number of benzene rings is 1. The molecule has 2 N–H and O–H groups in total. The van der Waals surface area contributed by atoms with E-state index in [4.69, 9.17) is 9.47 Å². The molecule has 2 heterocycles. The van der Waals surface area contributed by atoms with Crippen molar-refractivity contribution in [2.75, 3.05) is 26.8 Å². The van der Waals surface area contributed by atoms with Crippen LogP contribution in [0.1, 0.15) is 24.8 Å². The number of piperidine rings is 1. The van der Waals surface area contributed by atoms with Gasteiger partial charge in [0.15, 0.2) is 0 Å². The van der Waals surface area contributed by atoms with Crippen LogP contribution in [0.5, 0.6) is 5.75 Å². The van der Waals surface area contributed by atoms with Crippen LogP contribution in [-0.2, 0) is 11.2 Å². The number of nitrogens with one attached hydrogen (secondary N) is 2. The maximum atomic E-state index is 11.9. The van der Waals surface area contributed by atoms with Crippen LogP contribution in [0, 0.1) is 0 Å². The number of rotatable bonds is 6. The van der Waals surface area contributed by atoms with Gasteiger partial charge in [0.1, 0.15) is 5.75 Å². The van der Waals surface area contributed by atoms with Crippen LogP contribution in [0.2, 0.25) is 0 Å². The lowest BCUT2D eigenvalue weighted by Crippen LogP contribution is -2.35. The molecule has 1 fully saturated rings. The highest BCUT2D eigenvalue weighted by Crippen LogP contribution is 2.25. The molecule has 0 spiro atoms. The number of hydrogen-bond donors (Lipinski definition) is 2. The van der Waals surface area contributed by atoms with Crippen LogP contribution >= 0.6 is 0 Å². The molecule has 1 saturated heterocycles. The molecule has 1 aromatic heterocycles. The zero-order valence-corrected chi connectivity index (χ0v) is 13.6. The molecule has 0 radical (unpaired) electrons. The van der Waals surface area contributed by atoms with Gasteiger partial charge in [0.05, 0.1) is 13.2 Å². The molecule has 0 aliphatic carbocycles. The van der Waals surface area contributed by atoms with Gasteiger partial charge in [-0.25, -0.2) is 0 Å². The highest BCUT2D eigenvalue weighted by Gasteiger charge is 2.13. The largest absolute Gasteiger partial charge is 0.496 e. The second kappa shape index (κ2) is 7.62. The number of aryl methyl sites for hydroxylation is 1. The number of hydrogen-bond acceptors (Lipinski definition) is 4. The Balaban J connectivity index is 1.64. The van der Waals surface area contributed by atoms with Crippen molar-refractivity contribution < 1.29 is 9.47 Å². The van der Waals surface area contributed by atoms with Crippen molar-refractivity contribution >= 4 is 10.8 Å². The van der Waals surface area contributed by atoms with Gasteiger partial charge in [-0.3, -0.25) is 4.79 Å². The maximum absolute atomic E-state index is 11.9. The van der Waals surface area contributed by atoms with Gasteiger partial charge in [0.2, 0.25) is 0 Å². The van der Waals surface area contributed by atoms with Crippen LogP contribution in [0.4, 0.5) is 0 Å². The topological polar surface area (TPSA) is 63.4 Å². The Morgan fingerprint density at radius 2 is 2.26 bits per heavy atom. The Morgan fingerprint density at radius 1 is 1.35 bits per heavy atom. The van der Waals surface area contributed by atoms with Crippen molar-refractivity contribution in [2.24, 2.45) is 0 Å². The molecule has 0 saturated carbocycles. The fraction of sp³-hybridized carbons (Fsp3) is 0.500. The average Bonchev–Trinajstić information content (AvgIpc) is 2.59. The summed E-state index contributed by atoms with van der Waals surface area (Å²) in [6.07, 6.45) is 6.09. The molecular formula is C18H24N2O3. The second-order valence-corrected chi connectivity index (χ2v) is 6.00. The average molecular weight is 316 g/mol. The van der Waals surface area contributed by atoms with Crippen molar-refractivity contribution in [3.8, 4) is 5.75 Å². The molecule has 1 aromatic carbocycles. The summed E-state index contributed by atoms with van der Waals surface area (Å²) in [5.41, 5.74) is 0.998. The summed E-state index contributed by atoms with van der Waals surface area (Å²) in [5.74, 6) is 0.836. The van der Waals surface area contributed by atoms with E-state index in [2.05, 4.69) is 10.3 Å². The van der Waals surface area contributed by atoms with Crippen molar-refractivity contribution in [1.82, 2.24) is 10.3 Å². The first-order valence-electron chi connectivity index (χ1n) is 8.28. The van der Waals surface area contributed by atoms with Crippen LogP contribution < -0.4 is 15.6 Å². The van der Waals surface area contributed by atoms with Crippen LogP contribution in [0.15, 0.2) is 29.2 Å². The molecule has 0 amide bonds. The molecule has 23 heavy (non-hydrogen) atoms. The molecule has 5 heteroatoms. The van der Waals surface area contributed by atoms with Gasteiger partial charge >= 0.3 is 0 Å². The van der Waals surface area contributed by atoms with Crippen molar-refractivity contribution in [3.63, 3.8) is 0 Å². The number of aromatic nitrogens is 1. The van der Waals surface area contributed by atoms with Crippen LogP contribution in [-0.4, -0.2) is 37.9 Å². The Bertz CT molecular complexity index is 705. The third-order valence-corrected chi connectivity index (χ3v) is 4.37. The summed E-state index contributed by atoms with van der Waals surface area (Å²) in [7, 11) is 1.67. The van der Waals surface area contributed by atoms with Gasteiger partial charge in [-0.15, -0.1) is 0 Å². The number of pyridine rings is 1. The SMILES string of the molecule is COc1cc2cc[nH]c(=O)c2cc1CCCO[C@@H]1CCCNC1. The quantitative estimate of drug-likeness (QED) is 0.802. The van der Waals surface area contributed by atoms with E-state index in [1.807, 2.05) is 18.2 Å². The van der Waals surface area contributed by atoms with E-state index in [0.29, 0.717) is 11.5 Å². The molecular weight excluding hydrogens is 292 g/mol. The normalized spacial score (nSPS) is 18.2. The Morgan fingerprint density at radius 3 is 3.04 bits per heavy atom. The molecule has 1 atom stereocenters. The first-order valence-corrected chi connectivity index (χ1v) is 8.28. The molecule has 3 rings (SSSR count). The summed E-state index contributed by atoms with van der Waals surface area (Å²) in [6.45, 7) is 2.79. The van der Waals surface area contributed by atoms with E-state index in [1.54, 1.807) is 13.3 Å². The lowest BCUT2D eigenvalue weighted by molar-refractivity contribution is 0.0358. The van der Waals surface area contributed by atoms with E-state index in [-0.39, 0.29) is 5.56 Å². The van der Waals surface area contributed by atoms with Gasteiger partial charge in [-0.05, 0) is 61.4 Å². The second-order valence-electron chi connectivity index (χ2n) is 6.00. The standard InChI is InChI=1S/C18H24N2O3/c1-22-17-11-13-6-8-20-18(21)16(13)10-14(17)4-3-9-23-15-5-2-7-19-12-15/h6,8,10-11,15,19H,2-5,7,9,12H2,1H3,(H,20,21)/t15-/m1/s1. The maximum Gasteiger partial charge on any atom is 0.255 e. The predicted molar refractivity (Wildman–Crippen MR) is 91.3 cm³/mol. The Hall–Kier alpha value is -1.85. The third-order valence-electron chi connectivity index (χ3n) is 4.37. The molecule has 2 aromatic rings. The van der Waals surface area contributed by atoms with E-state index in [1.165, 1.54) is 6.42 Å². The summed E-state index contributed by atoms with van der Waals surface area (Å²) in [4.78, 5) is 14.7. The minimum atomic E-state index is -0.0593. The zero-order valence-electron chi connectivity index (χ0n) is 13.6. The van der Waals surface area contributed by atoms with E-state index >= 15 is 0 Å². The number of aromatic amines is 1. The van der Waals surface area contributed by atoms with Crippen molar-refractivity contribution in [2.45, 2.75) is 31.8 Å². The van der Waals surface area contributed by atoms with Crippen LogP contribution in [0.3, 0.4) is 0 Å². The molecule has 124 valence electrons. The first kappa shape index (κ1) is 16.0. The monoisotopic (exact) mass is 316 g/mol. The van der Waals surface area contributed by atoms with Gasteiger partial charge < -0.3 is 19.8 Å². The number of methoxy groups -OCH3 is 1. The van der Waals surface area contributed by atoms with Gasteiger partial charge in [0.25, 0.3) is 5.56 Å². The number of H-pyrrole nitrogens is 1. The molecule has 1 aliphatic rings. The van der Waals surface area contributed by atoms with Crippen molar-refractivity contribution in [3.05, 3.63) is 40.3 Å². The minimum absolute atomic E-state index is 0.0593. The molecule has 0 unspecified atom stereocenters. The lowest BCUT2D eigenvalue weighted by Gasteiger charge is -2.23. The van der Waals surface area contributed by atoms with Gasteiger partial charge in [-0.2, -0.15) is 0 Å². The van der Waals surface area contributed by atoms with E-state index < -0.39 is 0 Å². The Kier molecular flexibility index (Phi) is 5.31. The van der Waals surface area contributed by atoms with E-state index in [0.717, 1.165) is 55.7 Å². The van der Waals surface area contributed by atoms with Crippen LogP contribution in [0.25, 0.3) is 10.8 Å². The molecule has 1 aliphatic heterocycles. The van der Waals surface area contributed by atoms with E-state index in [9.17, 15) is 4.79 Å². The highest BCUT2D eigenvalue weighted by atomic mass is 16.5. The molecule has 0 bridgehead atoms. The zero-order chi connectivity index (χ0) is 16.1. The summed E-state index contributed by atoms with van der Waals surface area (Å²) in [6, 6.07) is 5.77.